The van der Waals surface area contributed by atoms with Crippen molar-refractivity contribution in [3.63, 3.8) is 0 Å². The van der Waals surface area contributed by atoms with Gasteiger partial charge >= 0.3 is 0 Å². The van der Waals surface area contributed by atoms with Crippen molar-refractivity contribution in [2.45, 2.75) is 9.79 Å². The van der Waals surface area contributed by atoms with Gasteiger partial charge in [-0.3, -0.25) is 0 Å². The van der Waals surface area contributed by atoms with Crippen molar-refractivity contribution < 1.29 is 0 Å². The molecule has 0 atom stereocenters. The Labute approximate surface area is 230 Å². The Morgan fingerprint density at radius 3 is 2.16 bits per heavy atom. The molecule has 8 rings (SSSR count). The summed E-state index contributed by atoms with van der Waals surface area (Å²) in [6, 6.07) is 46.0. The number of benzene rings is 7. The van der Waals surface area contributed by atoms with Crippen molar-refractivity contribution in [3.8, 4) is 33.4 Å². The summed E-state index contributed by atoms with van der Waals surface area (Å²) in [5.74, 6) is 0. The number of rotatable bonds is 2. The van der Waals surface area contributed by atoms with Gasteiger partial charge < -0.3 is 0 Å². The number of hydrogen-bond donors (Lipinski definition) is 0. The summed E-state index contributed by atoms with van der Waals surface area (Å²) in [5, 5.41) is 8.32. The Bertz CT molecular complexity index is 2050. The fraction of sp³-hybridized carbons (Fsp3) is 0. The first-order valence-electron chi connectivity index (χ1n) is 12.8. The Balaban J connectivity index is 1.47. The SMILES string of the molecule is Clc1ccc2c(-c3ccccc3)c3c4c(cccc4c2c1)Sc1cc(-c2cccc4ccccc24)ccc1-3. The van der Waals surface area contributed by atoms with E-state index in [4.69, 9.17) is 11.6 Å². The first-order chi connectivity index (χ1) is 18.8. The molecule has 0 aromatic heterocycles. The van der Waals surface area contributed by atoms with Gasteiger partial charge in [-0.25, -0.2) is 0 Å². The van der Waals surface area contributed by atoms with Crippen LogP contribution in [0.4, 0.5) is 0 Å². The molecule has 0 fully saturated rings. The lowest BCUT2D eigenvalue weighted by atomic mass is 9.84. The second-order valence-electron chi connectivity index (χ2n) is 9.82. The number of hydrogen-bond acceptors (Lipinski definition) is 1. The van der Waals surface area contributed by atoms with Crippen LogP contribution in [0, 0.1) is 0 Å². The van der Waals surface area contributed by atoms with E-state index in [0.717, 1.165) is 5.02 Å². The molecule has 38 heavy (non-hydrogen) atoms. The van der Waals surface area contributed by atoms with Crippen molar-refractivity contribution in [1.29, 1.82) is 0 Å². The van der Waals surface area contributed by atoms with Gasteiger partial charge in [0.05, 0.1) is 0 Å². The molecule has 1 aliphatic rings. The Morgan fingerprint density at radius 1 is 0.447 bits per heavy atom. The molecule has 0 radical (unpaired) electrons. The molecule has 178 valence electrons. The minimum atomic E-state index is 0.765. The van der Waals surface area contributed by atoms with Gasteiger partial charge in [0, 0.05) is 25.8 Å². The van der Waals surface area contributed by atoms with Gasteiger partial charge in [-0.05, 0) is 79.0 Å². The number of fused-ring (bicyclic) bond motifs is 5. The lowest BCUT2D eigenvalue weighted by Crippen LogP contribution is -1.98. The highest BCUT2D eigenvalue weighted by Crippen LogP contribution is 2.54. The Kier molecular flexibility index (Phi) is 4.91. The molecule has 2 heteroatoms. The van der Waals surface area contributed by atoms with Crippen LogP contribution in [0.15, 0.2) is 137 Å². The molecule has 0 amide bonds. The predicted octanol–water partition coefficient (Wildman–Crippen LogP) is 11.3. The van der Waals surface area contributed by atoms with E-state index >= 15 is 0 Å². The zero-order valence-electron chi connectivity index (χ0n) is 20.4. The van der Waals surface area contributed by atoms with Crippen LogP contribution in [0.25, 0.3) is 65.7 Å². The Hall–Kier alpha value is -4.04. The molecule has 1 aliphatic heterocycles. The minimum absolute atomic E-state index is 0.765. The fourth-order valence-electron chi connectivity index (χ4n) is 6.07. The van der Waals surface area contributed by atoms with Crippen LogP contribution >= 0.6 is 23.4 Å². The van der Waals surface area contributed by atoms with Crippen LogP contribution in [0.2, 0.25) is 5.02 Å². The van der Waals surface area contributed by atoms with E-state index in [1.165, 1.54) is 75.5 Å². The Morgan fingerprint density at radius 2 is 1.24 bits per heavy atom. The highest BCUT2D eigenvalue weighted by Gasteiger charge is 2.26. The molecule has 0 aliphatic carbocycles. The van der Waals surface area contributed by atoms with Crippen LogP contribution in [-0.2, 0) is 0 Å². The van der Waals surface area contributed by atoms with Gasteiger partial charge in [-0.2, -0.15) is 0 Å². The summed E-state index contributed by atoms with van der Waals surface area (Å²) in [6.45, 7) is 0. The van der Waals surface area contributed by atoms with Gasteiger partial charge in [-0.1, -0.05) is 126 Å². The molecular formula is C36H21ClS. The zero-order valence-corrected chi connectivity index (χ0v) is 22.0. The van der Waals surface area contributed by atoms with Gasteiger partial charge in [0.1, 0.15) is 0 Å². The van der Waals surface area contributed by atoms with Crippen LogP contribution < -0.4 is 0 Å². The maximum atomic E-state index is 6.54. The van der Waals surface area contributed by atoms with Crippen molar-refractivity contribution >= 4 is 55.7 Å². The molecule has 1 heterocycles. The normalized spacial score (nSPS) is 12.2. The highest BCUT2D eigenvalue weighted by molar-refractivity contribution is 7.99. The summed E-state index contributed by atoms with van der Waals surface area (Å²) in [4.78, 5) is 2.58. The lowest BCUT2D eigenvalue weighted by molar-refractivity contribution is 1.40. The molecule has 0 nitrogen and oxygen atoms in total. The first-order valence-corrected chi connectivity index (χ1v) is 14.0. The second kappa shape index (κ2) is 8.49. The van der Waals surface area contributed by atoms with Gasteiger partial charge in [-0.15, -0.1) is 0 Å². The molecule has 0 spiro atoms. The van der Waals surface area contributed by atoms with Crippen molar-refractivity contribution in [3.05, 3.63) is 132 Å². The van der Waals surface area contributed by atoms with E-state index < -0.39 is 0 Å². The smallest absolute Gasteiger partial charge is 0.0412 e. The third-order valence-electron chi connectivity index (χ3n) is 7.70. The third-order valence-corrected chi connectivity index (χ3v) is 9.05. The summed E-state index contributed by atoms with van der Waals surface area (Å²) in [6.07, 6.45) is 0. The minimum Gasteiger partial charge on any atom is -0.0887 e. The topological polar surface area (TPSA) is 0 Å². The van der Waals surface area contributed by atoms with Crippen LogP contribution in [-0.4, -0.2) is 0 Å². The number of halogens is 1. The molecular weight excluding hydrogens is 500 g/mol. The van der Waals surface area contributed by atoms with Crippen molar-refractivity contribution in [2.24, 2.45) is 0 Å². The van der Waals surface area contributed by atoms with E-state index in [1.807, 2.05) is 17.8 Å². The van der Waals surface area contributed by atoms with Gasteiger partial charge in [0.25, 0.3) is 0 Å². The van der Waals surface area contributed by atoms with E-state index in [1.54, 1.807) is 0 Å². The predicted molar refractivity (Wildman–Crippen MR) is 164 cm³/mol. The van der Waals surface area contributed by atoms with Crippen molar-refractivity contribution in [1.82, 2.24) is 0 Å². The van der Waals surface area contributed by atoms with Gasteiger partial charge in [0.2, 0.25) is 0 Å². The maximum Gasteiger partial charge on any atom is 0.0412 e. The average Bonchev–Trinajstić information content (AvgIpc) is 2.97. The van der Waals surface area contributed by atoms with Crippen LogP contribution in [0.3, 0.4) is 0 Å². The summed E-state index contributed by atoms with van der Waals surface area (Å²) < 4.78 is 0. The average molecular weight is 521 g/mol. The molecule has 7 aromatic carbocycles. The first kappa shape index (κ1) is 22.0. The van der Waals surface area contributed by atoms with E-state index in [9.17, 15) is 0 Å². The largest absolute Gasteiger partial charge is 0.0887 e. The standard InChI is InChI=1S/C36H21ClS/c37-25-17-19-29-31(21-25)28-14-7-15-32-35(28)36(34(29)23-9-2-1-3-10-23)30-18-16-24(20-33(30)38-32)27-13-6-11-22-8-4-5-12-26(22)27/h1-21H. The summed E-state index contributed by atoms with van der Waals surface area (Å²) in [7, 11) is 0. The quantitative estimate of drug-likeness (QED) is 0.204. The molecule has 0 saturated carbocycles. The van der Waals surface area contributed by atoms with Gasteiger partial charge in [0.15, 0.2) is 0 Å². The van der Waals surface area contributed by atoms with Crippen molar-refractivity contribution in [2.75, 3.05) is 0 Å². The maximum absolute atomic E-state index is 6.54. The third kappa shape index (κ3) is 3.26. The van der Waals surface area contributed by atoms with E-state index in [0.29, 0.717) is 0 Å². The molecule has 7 aromatic rings. The monoisotopic (exact) mass is 520 g/mol. The molecule has 0 unspecified atom stereocenters. The summed E-state index contributed by atoms with van der Waals surface area (Å²) in [5.41, 5.74) is 7.62. The van der Waals surface area contributed by atoms with E-state index in [2.05, 4.69) is 121 Å². The zero-order chi connectivity index (χ0) is 25.2. The van der Waals surface area contributed by atoms with E-state index in [-0.39, 0.29) is 0 Å². The second-order valence-corrected chi connectivity index (χ2v) is 11.3. The van der Waals surface area contributed by atoms with Crippen LogP contribution in [0.1, 0.15) is 0 Å². The lowest BCUT2D eigenvalue weighted by Gasteiger charge is -2.26. The highest BCUT2D eigenvalue weighted by atomic mass is 35.5. The summed E-state index contributed by atoms with van der Waals surface area (Å²) >= 11 is 8.41. The molecule has 0 saturated heterocycles. The van der Waals surface area contributed by atoms with Crippen LogP contribution in [0.5, 0.6) is 0 Å². The fourth-order valence-corrected chi connectivity index (χ4v) is 7.40. The molecule has 0 bridgehead atoms. The molecule has 0 N–H and O–H groups in total.